The topological polar surface area (TPSA) is 92.1 Å². The summed E-state index contributed by atoms with van der Waals surface area (Å²) in [6.45, 7) is 3.26. The zero-order valence-electron chi connectivity index (χ0n) is 10.4. The molecule has 1 aliphatic rings. The van der Waals surface area contributed by atoms with Gasteiger partial charge in [0.05, 0.1) is 0 Å². The van der Waals surface area contributed by atoms with Crippen LogP contribution in [0, 0.1) is 5.92 Å². The molecule has 98 valence electrons. The van der Waals surface area contributed by atoms with E-state index in [2.05, 4.69) is 17.1 Å². The van der Waals surface area contributed by atoms with E-state index in [-0.39, 0.29) is 23.2 Å². The summed E-state index contributed by atoms with van der Waals surface area (Å²) in [7, 11) is 0. The van der Waals surface area contributed by atoms with Crippen molar-refractivity contribution in [2.75, 3.05) is 13.1 Å². The molecule has 1 aliphatic heterocycles. The van der Waals surface area contributed by atoms with E-state index >= 15 is 0 Å². The molecule has 0 saturated carbocycles. The first-order valence-corrected chi connectivity index (χ1v) is 6.20. The van der Waals surface area contributed by atoms with Gasteiger partial charge in [-0.1, -0.05) is 6.92 Å². The van der Waals surface area contributed by atoms with Crippen LogP contribution in [-0.4, -0.2) is 40.1 Å². The highest BCUT2D eigenvalue weighted by atomic mass is 16.2. The highest BCUT2D eigenvalue weighted by Crippen LogP contribution is 2.23. The number of aromatic amines is 1. The molecule has 0 radical (unpaired) electrons. The number of hydrogen-bond donors (Lipinski definition) is 2. The number of nitrogens with one attached hydrogen (secondary N) is 1. The van der Waals surface area contributed by atoms with E-state index in [1.807, 2.05) is 0 Å². The molecular weight excluding hydrogens is 232 g/mol. The molecule has 1 amide bonds. The smallest absolute Gasteiger partial charge is 0.274 e. The molecule has 6 nitrogen and oxygen atoms in total. The molecular formula is C12H18N4O2. The van der Waals surface area contributed by atoms with Crippen molar-refractivity contribution >= 4 is 5.91 Å². The van der Waals surface area contributed by atoms with Crippen molar-refractivity contribution in [3.8, 4) is 0 Å². The molecule has 6 heteroatoms. The van der Waals surface area contributed by atoms with Crippen LogP contribution in [0.1, 0.15) is 30.3 Å². The quantitative estimate of drug-likeness (QED) is 0.771. The lowest BCUT2D eigenvalue weighted by Crippen LogP contribution is -2.51. The lowest BCUT2D eigenvalue weighted by molar-refractivity contribution is 0.0525. The van der Waals surface area contributed by atoms with Gasteiger partial charge in [0, 0.05) is 25.2 Å². The Morgan fingerprint density at radius 2 is 2.39 bits per heavy atom. The van der Waals surface area contributed by atoms with Crippen LogP contribution in [0.25, 0.3) is 0 Å². The maximum Gasteiger partial charge on any atom is 0.274 e. The number of hydrogen-bond acceptors (Lipinski definition) is 4. The maximum absolute atomic E-state index is 12.3. The number of rotatable bonds is 2. The summed E-state index contributed by atoms with van der Waals surface area (Å²) in [5.41, 5.74) is 5.71. The number of amides is 1. The predicted molar refractivity (Wildman–Crippen MR) is 67.1 cm³/mol. The number of likely N-dealkylation sites (tertiary alicyclic amines) is 1. The van der Waals surface area contributed by atoms with E-state index in [9.17, 15) is 9.59 Å². The lowest BCUT2D eigenvalue weighted by atomic mass is 9.90. The van der Waals surface area contributed by atoms with Gasteiger partial charge in [-0.25, -0.2) is 5.10 Å². The second-order valence-electron chi connectivity index (χ2n) is 4.73. The summed E-state index contributed by atoms with van der Waals surface area (Å²) < 4.78 is 0. The number of carbonyl (C=O) groups is 1. The number of nitrogens with two attached hydrogens (primary N) is 1. The standard InChI is InChI=1S/C12H18N4O2/c1-8-3-2-6-16(10(8)7-13)12(18)9-4-5-11(17)15-14-9/h4-5,8,10H,2-3,6-7,13H2,1H3,(H,15,17). The molecule has 2 atom stereocenters. The van der Waals surface area contributed by atoms with Gasteiger partial charge in [-0.15, -0.1) is 0 Å². The van der Waals surface area contributed by atoms with Crippen molar-refractivity contribution < 1.29 is 4.79 Å². The van der Waals surface area contributed by atoms with E-state index < -0.39 is 0 Å². The molecule has 1 aromatic heterocycles. The van der Waals surface area contributed by atoms with Crippen LogP contribution in [0.2, 0.25) is 0 Å². The van der Waals surface area contributed by atoms with E-state index in [4.69, 9.17) is 5.73 Å². The third-order valence-corrected chi connectivity index (χ3v) is 3.52. The van der Waals surface area contributed by atoms with Gasteiger partial charge in [0.2, 0.25) is 0 Å². The zero-order chi connectivity index (χ0) is 13.1. The minimum absolute atomic E-state index is 0.0555. The summed E-state index contributed by atoms with van der Waals surface area (Å²) in [6, 6.07) is 2.82. The van der Waals surface area contributed by atoms with Crippen molar-refractivity contribution in [3.05, 3.63) is 28.2 Å². The van der Waals surface area contributed by atoms with E-state index in [1.165, 1.54) is 12.1 Å². The van der Waals surface area contributed by atoms with E-state index in [0.29, 0.717) is 19.0 Å². The van der Waals surface area contributed by atoms with Crippen LogP contribution in [-0.2, 0) is 0 Å². The van der Waals surface area contributed by atoms with Crippen molar-refractivity contribution in [3.63, 3.8) is 0 Å². The first-order chi connectivity index (χ1) is 8.63. The van der Waals surface area contributed by atoms with Gasteiger partial charge in [-0.05, 0) is 24.8 Å². The Bertz CT molecular complexity index is 465. The number of piperidine rings is 1. The summed E-state index contributed by atoms with van der Waals surface area (Å²) in [6.07, 6.45) is 2.07. The third-order valence-electron chi connectivity index (χ3n) is 3.52. The molecule has 3 N–H and O–H groups in total. The molecule has 1 fully saturated rings. The predicted octanol–water partition coefficient (Wildman–Crippen LogP) is -0.0307. The zero-order valence-corrected chi connectivity index (χ0v) is 10.4. The fourth-order valence-corrected chi connectivity index (χ4v) is 2.47. The fourth-order valence-electron chi connectivity index (χ4n) is 2.47. The minimum Gasteiger partial charge on any atom is -0.333 e. The van der Waals surface area contributed by atoms with Gasteiger partial charge >= 0.3 is 0 Å². The van der Waals surface area contributed by atoms with Gasteiger partial charge in [0.15, 0.2) is 0 Å². The van der Waals surface area contributed by atoms with Crippen LogP contribution in [0.4, 0.5) is 0 Å². The normalized spacial score (nSPS) is 24.0. The molecule has 1 saturated heterocycles. The molecule has 18 heavy (non-hydrogen) atoms. The summed E-state index contributed by atoms with van der Waals surface area (Å²) >= 11 is 0. The molecule has 0 spiro atoms. The average Bonchev–Trinajstić information content (AvgIpc) is 2.38. The average molecular weight is 250 g/mol. The molecule has 0 bridgehead atoms. The molecule has 0 aliphatic carbocycles. The van der Waals surface area contributed by atoms with Crippen molar-refractivity contribution in [2.45, 2.75) is 25.8 Å². The van der Waals surface area contributed by atoms with Gasteiger partial charge in [-0.3, -0.25) is 9.59 Å². The van der Waals surface area contributed by atoms with Gasteiger partial charge in [-0.2, -0.15) is 5.10 Å². The van der Waals surface area contributed by atoms with Crippen molar-refractivity contribution in [1.82, 2.24) is 15.1 Å². The van der Waals surface area contributed by atoms with Crippen LogP contribution < -0.4 is 11.3 Å². The second-order valence-corrected chi connectivity index (χ2v) is 4.73. The Morgan fingerprint density at radius 3 is 3.00 bits per heavy atom. The number of nitrogens with zero attached hydrogens (tertiary/aromatic N) is 2. The minimum atomic E-state index is -0.311. The Morgan fingerprint density at radius 1 is 1.61 bits per heavy atom. The fraction of sp³-hybridized carbons (Fsp3) is 0.583. The Kier molecular flexibility index (Phi) is 3.76. The highest BCUT2D eigenvalue weighted by molar-refractivity contribution is 5.92. The first-order valence-electron chi connectivity index (χ1n) is 6.20. The van der Waals surface area contributed by atoms with E-state index in [1.54, 1.807) is 4.90 Å². The van der Waals surface area contributed by atoms with Crippen molar-refractivity contribution in [1.29, 1.82) is 0 Å². The van der Waals surface area contributed by atoms with Crippen LogP contribution in [0.3, 0.4) is 0 Å². The Labute approximate surface area is 105 Å². The van der Waals surface area contributed by atoms with Crippen LogP contribution >= 0.6 is 0 Å². The number of carbonyl (C=O) groups excluding carboxylic acids is 1. The lowest BCUT2D eigenvalue weighted by Gasteiger charge is -2.39. The molecule has 2 unspecified atom stereocenters. The largest absolute Gasteiger partial charge is 0.333 e. The van der Waals surface area contributed by atoms with Crippen molar-refractivity contribution in [2.24, 2.45) is 11.7 Å². The molecule has 1 aromatic rings. The number of aromatic nitrogens is 2. The van der Waals surface area contributed by atoms with Gasteiger partial charge < -0.3 is 10.6 Å². The molecule has 2 heterocycles. The molecule has 0 aromatic carbocycles. The first kappa shape index (κ1) is 12.8. The van der Waals surface area contributed by atoms with Gasteiger partial charge in [0.25, 0.3) is 11.5 Å². The monoisotopic (exact) mass is 250 g/mol. The SMILES string of the molecule is CC1CCCN(C(=O)c2ccc(=O)[nH]n2)C1CN. The number of H-pyrrole nitrogens is 1. The van der Waals surface area contributed by atoms with E-state index in [0.717, 1.165) is 12.8 Å². The van der Waals surface area contributed by atoms with Crippen LogP contribution in [0.5, 0.6) is 0 Å². The van der Waals surface area contributed by atoms with Crippen LogP contribution in [0.15, 0.2) is 16.9 Å². The Hall–Kier alpha value is -1.69. The second kappa shape index (κ2) is 5.30. The van der Waals surface area contributed by atoms with Gasteiger partial charge in [0.1, 0.15) is 5.69 Å². The third kappa shape index (κ3) is 2.43. The summed E-state index contributed by atoms with van der Waals surface area (Å²) in [4.78, 5) is 25.0. The Balaban J connectivity index is 2.21. The highest BCUT2D eigenvalue weighted by Gasteiger charge is 2.31. The maximum atomic E-state index is 12.3. The summed E-state index contributed by atoms with van der Waals surface area (Å²) in [5.74, 6) is 0.240. The molecule has 2 rings (SSSR count). The summed E-state index contributed by atoms with van der Waals surface area (Å²) in [5, 5.41) is 6.06.